The van der Waals surface area contributed by atoms with Crippen LogP contribution in [0.5, 0.6) is 0 Å². The first kappa shape index (κ1) is 20.1. The van der Waals surface area contributed by atoms with E-state index in [0.29, 0.717) is 16.4 Å². The van der Waals surface area contributed by atoms with Crippen LogP contribution >= 0.6 is 27.7 Å². The Labute approximate surface area is 174 Å². The summed E-state index contributed by atoms with van der Waals surface area (Å²) in [6, 6.07) is 14.3. The number of esters is 1. The van der Waals surface area contributed by atoms with Gasteiger partial charge in [-0.1, -0.05) is 39.8 Å². The Morgan fingerprint density at radius 3 is 2.43 bits per heavy atom. The molecule has 0 radical (unpaired) electrons. The Kier molecular flexibility index (Phi) is 6.48. The predicted molar refractivity (Wildman–Crippen MR) is 111 cm³/mol. The second-order valence-electron chi connectivity index (χ2n) is 5.78. The summed E-state index contributed by atoms with van der Waals surface area (Å²) in [4.78, 5) is 23.6. The number of benzene rings is 2. The molecular weight excluding hydrogens is 444 g/mol. The predicted octanol–water partition coefficient (Wildman–Crippen LogP) is 3.76. The van der Waals surface area contributed by atoms with E-state index >= 15 is 0 Å². The van der Waals surface area contributed by atoms with Crippen LogP contribution in [0.1, 0.15) is 10.4 Å². The molecule has 0 bridgehead atoms. The van der Waals surface area contributed by atoms with Crippen LogP contribution in [-0.2, 0) is 16.6 Å². The molecule has 144 valence electrons. The lowest BCUT2D eigenvalue weighted by molar-refractivity contribution is -0.113. The first-order chi connectivity index (χ1) is 13.5. The highest BCUT2D eigenvalue weighted by Gasteiger charge is 2.13. The summed E-state index contributed by atoms with van der Waals surface area (Å²) in [5, 5.41) is 11.8. The van der Waals surface area contributed by atoms with Crippen LogP contribution in [0.4, 0.5) is 5.69 Å². The number of carbonyl (C=O) groups excluding carboxylic acids is 2. The second kappa shape index (κ2) is 9.03. The molecule has 0 unspecified atom stereocenters. The molecule has 0 aliphatic heterocycles. The summed E-state index contributed by atoms with van der Waals surface area (Å²) in [5.41, 5.74) is 1.97. The van der Waals surface area contributed by atoms with Crippen molar-refractivity contribution in [1.82, 2.24) is 14.8 Å². The van der Waals surface area contributed by atoms with Crippen LogP contribution in [0.25, 0.3) is 11.4 Å². The molecular formula is C19H17BrN4O3S. The second-order valence-corrected chi connectivity index (χ2v) is 7.64. The lowest BCUT2D eigenvalue weighted by atomic mass is 10.2. The fourth-order valence-electron chi connectivity index (χ4n) is 2.43. The van der Waals surface area contributed by atoms with Crippen molar-refractivity contribution in [3.63, 3.8) is 0 Å². The summed E-state index contributed by atoms with van der Waals surface area (Å²) < 4.78 is 7.49. The third-order valence-corrected chi connectivity index (χ3v) is 5.41. The number of methoxy groups -OCH3 is 1. The number of aromatic nitrogens is 3. The molecule has 3 rings (SSSR count). The van der Waals surface area contributed by atoms with Gasteiger partial charge in [0.2, 0.25) is 5.91 Å². The minimum atomic E-state index is -0.419. The van der Waals surface area contributed by atoms with Gasteiger partial charge in [-0.05, 0) is 36.4 Å². The summed E-state index contributed by atoms with van der Waals surface area (Å²) >= 11 is 4.71. The number of anilines is 1. The van der Waals surface area contributed by atoms with Gasteiger partial charge in [0.05, 0.1) is 18.4 Å². The van der Waals surface area contributed by atoms with Gasteiger partial charge < -0.3 is 14.6 Å². The Morgan fingerprint density at radius 2 is 1.79 bits per heavy atom. The first-order valence-electron chi connectivity index (χ1n) is 8.24. The Hall–Kier alpha value is -2.65. The average Bonchev–Trinajstić information content (AvgIpc) is 3.07. The summed E-state index contributed by atoms with van der Waals surface area (Å²) in [6.07, 6.45) is 0. The molecule has 1 heterocycles. The summed E-state index contributed by atoms with van der Waals surface area (Å²) in [7, 11) is 3.19. The zero-order chi connectivity index (χ0) is 20.1. The fourth-order valence-corrected chi connectivity index (χ4v) is 3.40. The lowest BCUT2D eigenvalue weighted by Gasteiger charge is -2.06. The maximum Gasteiger partial charge on any atom is 0.337 e. The van der Waals surface area contributed by atoms with Crippen LogP contribution in [0.15, 0.2) is 58.2 Å². The third kappa shape index (κ3) is 4.79. The minimum Gasteiger partial charge on any atom is -0.465 e. The van der Waals surface area contributed by atoms with Gasteiger partial charge in [-0.25, -0.2) is 4.79 Å². The number of hydrogen-bond donors (Lipinski definition) is 1. The first-order valence-corrected chi connectivity index (χ1v) is 10.0. The molecule has 0 aliphatic rings. The van der Waals surface area contributed by atoms with Crippen molar-refractivity contribution in [2.75, 3.05) is 18.2 Å². The molecule has 0 fully saturated rings. The van der Waals surface area contributed by atoms with Crippen LogP contribution in [0.2, 0.25) is 0 Å². The van der Waals surface area contributed by atoms with Gasteiger partial charge in [-0.2, -0.15) is 0 Å². The molecule has 9 heteroatoms. The maximum absolute atomic E-state index is 12.2. The fraction of sp³-hybridized carbons (Fsp3) is 0.158. The van der Waals surface area contributed by atoms with Gasteiger partial charge in [0.15, 0.2) is 11.0 Å². The topological polar surface area (TPSA) is 86.1 Å². The number of thioether (sulfide) groups is 1. The van der Waals surface area contributed by atoms with E-state index in [1.165, 1.54) is 18.9 Å². The SMILES string of the molecule is COC(=O)c1ccc(NC(=O)CSc2nnc(-c3ccc(Br)cc3)n2C)cc1. The molecule has 1 N–H and O–H groups in total. The van der Waals surface area contributed by atoms with Gasteiger partial charge in [0, 0.05) is 22.8 Å². The van der Waals surface area contributed by atoms with E-state index in [-0.39, 0.29) is 11.7 Å². The summed E-state index contributed by atoms with van der Waals surface area (Å²) in [5.74, 6) is 0.320. The Bertz CT molecular complexity index is 987. The molecule has 7 nitrogen and oxygen atoms in total. The molecule has 0 aliphatic carbocycles. The standard InChI is InChI=1S/C19H17BrN4O3S/c1-24-17(12-3-7-14(20)8-4-12)22-23-19(24)28-11-16(25)21-15-9-5-13(6-10-15)18(26)27-2/h3-10H,11H2,1-2H3,(H,21,25). The van der Waals surface area contributed by atoms with Gasteiger partial charge in [0.25, 0.3) is 0 Å². The number of amides is 1. The highest BCUT2D eigenvalue weighted by Crippen LogP contribution is 2.24. The van der Waals surface area contributed by atoms with Gasteiger partial charge >= 0.3 is 5.97 Å². The van der Waals surface area contributed by atoms with Crippen molar-refractivity contribution < 1.29 is 14.3 Å². The maximum atomic E-state index is 12.2. The molecule has 28 heavy (non-hydrogen) atoms. The molecule has 3 aromatic rings. The zero-order valence-electron chi connectivity index (χ0n) is 15.2. The highest BCUT2D eigenvalue weighted by atomic mass is 79.9. The average molecular weight is 461 g/mol. The highest BCUT2D eigenvalue weighted by molar-refractivity contribution is 9.10. The van der Waals surface area contributed by atoms with Crippen LogP contribution in [0.3, 0.4) is 0 Å². The monoisotopic (exact) mass is 460 g/mol. The Morgan fingerprint density at radius 1 is 1.11 bits per heavy atom. The molecule has 0 saturated heterocycles. The zero-order valence-corrected chi connectivity index (χ0v) is 17.6. The minimum absolute atomic E-state index is 0.177. The number of ether oxygens (including phenoxy) is 1. The van der Waals surface area contributed by atoms with E-state index in [2.05, 4.69) is 36.2 Å². The quantitative estimate of drug-likeness (QED) is 0.445. The van der Waals surface area contributed by atoms with E-state index in [4.69, 9.17) is 0 Å². The number of halogens is 1. The van der Waals surface area contributed by atoms with E-state index in [1.807, 2.05) is 35.9 Å². The van der Waals surface area contributed by atoms with E-state index < -0.39 is 5.97 Å². The Balaban J connectivity index is 1.59. The van der Waals surface area contributed by atoms with Crippen molar-refractivity contribution in [1.29, 1.82) is 0 Å². The number of hydrogen-bond acceptors (Lipinski definition) is 6. The van der Waals surface area contributed by atoms with Crippen molar-refractivity contribution >= 4 is 45.3 Å². The third-order valence-electron chi connectivity index (χ3n) is 3.86. The van der Waals surface area contributed by atoms with Crippen LogP contribution in [0, 0.1) is 0 Å². The number of nitrogens with one attached hydrogen (secondary N) is 1. The van der Waals surface area contributed by atoms with Crippen LogP contribution in [-0.4, -0.2) is 39.5 Å². The van der Waals surface area contributed by atoms with Gasteiger partial charge in [0.1, 0.15) is 0 Å². The van der Waals surface area contributed by atoms with Crippen molar-refractivity contribution in [2.45, 2.75) is 5.16 Å². The molecule has 2 aromatic carbocycles. The molecule has 0 saturated carbocycles. The number of carbonyl (C=O) groups is 2. The molecule has 0 atom stereocenters. The number of nitrogens with zero attached hydrogens (tertiary/aromatic N) is 3. The van der Waals surface area contributed by atoms with E-state index in [9.17, 15) is 9.59 Å². The largest absolute Gasteiger partial charge is 0.465 e. The molecule has 0 spiro atoms. The van der Waals surface area contributed by atoms with E-state index in [0.717, 1.165) is 15.9 Å². The van der Waals surface area contributed by atoms with Gasteiger partial charge in [-0.3, -0.25) is 4.79 Å². The van der Waals surface area contributed by atoms with Crippen LogP contribution < -0.4 is 5.32 Å². The molecule has 1 aromatic heterocycles. The van der Waals surface area contributed by atoms with E-state index in [1.54, 1.807) is 24.3 Å². The van der Waals surface area contributed by atoms with Gasteiger partial charge in [-0.15, -0.1) is 10.2 Å². The summed E-state index contributed by atoms with van der Waals surface area (Å²) in [6.45, 7) is 0. The lowest BCUT2D eigenvalue weighted by Crippen LogP contribution is -2.14. The smallest absolute Gasteiger partial charge is 0.337 e. The van der Waals surface area contributed by atoms with Crippen molar-refractivity contribution in [2.24, 2.45) is 7.05 Å². The number of rotatable bonds is 6. The van der Waals surface area contributed by atoms with Crippen molar-refractivity contribution in [3.05, 3.63) is 58.6 Å². The molecule has 1 amide bonds. The van der Waals surface area contributed by atoms with Crippen molar-refractivity contribution in [3.8, 4) is 11.4 Å². The normalized spacial score (nSPS) is 10.5.